The molecule has 8 heteroatoms. The van der Waals surface area contributed by atoms with E-state index in [1.54, 1.807) is 0 Å². The smallest absolute Gasteiger partial charge is 0.322 e. The number of nitrogens with zero attached hydrogens (tertiary/aromatic N) is 1. The second kappa shape index (κ2) is 5.74. The molecule has 0 spiro atoms. The maximum Gasteiger partial charge on any atom is 0.322 e. The average molecular weight is 349 g/mol. The third kappa shape index (κ3) is 3.06. The van der Waals surface area contributed by atoms with Crippen LogP contribution in [0.2, 0.25) is 0 Å². The van der Waals surface area contributed by atoms with Crippen LogP contribution >= 0.6 is 15.9 Å². The van der Waals surface area contributed by atoms with Crippen molar-refractivity contribution in [3.8, 4) is 0 Å². The molecule has 1 aromatic carbocycles. The van der Waals surface area contributed by atoms with Crippen LogP contribution in [0.1, 0.15) is 6.42 Å². The van der Waals surface area contributed by atoms with Crippen molar-refractivity contribution < 1.29 is 23.5 Å². The lowest BCUT2D eigenvalue weighted by Gasteiger charge is -2.17. The zero-order chi connectivity index (χ0) is 14.9. The summed E-state index contributed by atoms with van der Waals surface area (Å²) < 4.78 is 27.4. The molecule has 2 rings (SSSR count). The summed E-state index contributed by atoms with van der Waals surface area (Å²) in [5.41, 5.74) is -0.544. The lowest BCUT2D eigenvalue weighted by molar-refractivity contribution is -0.141. The molecule has 1 heterocycles. The minimum atomic E-state index is -0.985. The number of benzene rings is 1. The van der Waals surface area contributed by atoms with E-state index >= 15 is 0 Å². The summed E-state index contributed by atoms with van der Waals surface area (Å²) in [5, 5.41) is 11.0. The van der Waals surface area contributed by atoms with Gasteiger partial charge in [0, 0.05) is 17.6 Å². The number of hydrogen-bond acceptors (Lipinski definition) is 2. The van der Waals surface area contributed by atoms with E-state index < -0.39 is 35.2 Å². The van der Waals surface area contributed by atoms with Gasteiger partial charge in [-0.25, -0.2) is 13.6 Å². The monoisotopic (exact) mass is 348 g/mol. The number of carboxylic acid groups (broad SMARTS) is 1. The first-order chi connectivity index (χ1) is 9.38. The van der Waals surface area contributed by atoms with Crippen molar-refractivity contribution in [1.29, 1.82) is 0 Å². The maximum absolute atomic E-state index is 13.6. The van der Waals surface area contributed by atoms with Crippen LogP contribution in [0.5, 0.6) is 0 Å². The first-order valence-corrected chi connectivity index (χ1v) is 6.61. The largest absolute Gasteiger partial charge is 0.481 e. The van der Waals surface area contributed by atoms with Crippen molar-refractivity contribution in [2.75, 3.05) is 18.4 Å². The highest BCUT2D eigenvalue weighted by Gasteiger charge is 2.31. The Morgan fingerprint density at radius 3 is 2.45 bits per heavy atom. The SMILES string of the molecule is O=C(O)C1CCN(C(=O)Nc2c(F)cc(Br)cc2F)C1. The minimum Gasteiger partial charge on any atom is -0.481 e. The van der Waals surface area contributed by atoms with Crippen LogP contribution in [0.25, 0.3) is 0 Å². The van der Waals surface area contributed by atoms with Crippen LogP contribution in [0.15, 0.2) is 16.6 Å². The van der Waals surface area contributed by atoms with Crippen molar-refractivity contribution in [3.05, 3.63) is 28.2 Å². The Bertz CT molecular complexity index is 545. The molecule has 0 radical (unpaired) electrons. The molecule has 1 aliphatic rings. The van der Waals surface area contributed by atoms with Crippen molar-refractivity contribution in [3.63, 3.8) is 0 Å². The van der Waals surface area contributed by atoms with E-state index in [0.717, 1.165) is 12.1 Å². The Morgan fingerprint density at radius 2 is 1.95 bits per heavy atom. The van der Waals surface area contributed by atoms with E-state index in [9.17, 15) is 18.4 Å². The molecule has 2 amide bonds. The summed E-state index contributed by atoms with van der Waals surface area (Å²) in [6.45, 7) is 0.267. The van der Waals surface area contributed by atoms with Crippen molar-refractivity contribution in [2.24, 2.45) is 5.92 Å². The van der Waals surface area contributed by atoms with Gasteiger partial charge in [-0.3, -0.25) is 4.79 Å². The molecule has 1 saturated heterocycles. The quantitative estimate of drug-likeness (QED) is 0.863. The van der Waals surface area contributed by atoms with Gasteiger partial charge in [0.05, 0.1) is 5.92 Å². The van der Waals surface area contributed by atoms with E-state index in [4.69, 9.17) is 5.11 Å². The molecule has 0 bridgehead atoms. The third-order valence-electron chi connectivity index (χ3n) is 3.06. The number of carboxylic acids is 1. The number of anilines is 1. The Hall–Kier alpha value is -1.70. The Balaban J connectivity index is 2.08. The van der Waals surface area contributed by atoms with Gasteiger partial charge in [-0.2, -0.15) is 0 Å². The summed E-state index contributed by atoms with van der Waals surface area (Å²) in [4.78, 5) is 23.9. The zero-order valence-electron chi connectivity index (χ0n) is 10.2. The van der Waals surface area contributed by atoms with Crippen LogP contribution in [-0.2, 0) is 4.79 Å². The molecule has 1 atom stereocenters. The number of urea groups is 1. The molecule has 0 saturated carbocycles. The fourth-order valence-electron chi connectivity index (χ4n) is 1.99. The van der Waals surface area contributed by atoms with Crippen LogP contribution in [0, 0.1) is 17.6 Å². The maximum atomic E-state index is 13.6. The number of carbonyl (C=O) groups is 2. The van der Waals surface area contributed by atoms with Crippen molar-refractivity contribution >= 4 is 33.6 Å². The molecular formula is C12H11BrF2N2O3. The van der Waals surface area contributed by atoms with E-state index in [1.165, 1.54) is 4.90 Å². The molecule has 5 nitrogen and oxygen atoms in total. The Morgan fingerprint density at radius 1 is 1.35 bits per heavy atom. The second-order valence-corrected chi connectivity index (χ2v) is 5.36. The van der Waals surface area contributed by atoms with Crippen LogP contribution in [-0.4, -0.2) is 35.1 Å². The fourth-order valence-corrected chi connectivity index (χ4v) is 2.40. The van der Waals surface area contributed by atoms with Gasteiger partial charge in [-0.15, -0.1) is 0 Å². The van der Waals surface area contributed by atoms with Crippen LogP contribution in [0.3, 0.4) is 0 Å². The molecule has 1 fully saturated rings. The molecule has 0 aromatic heterocycles. The van der Waals surface area contributed by atoms with Crippen molar-refractivity contribution in [1.82, 2.24) is 4.90 Å². The fraction of sp³-hybridized carbons (Fsp3) is 0.333. The van der Waals surface area contributed by atoms with E-state index in [1.807, 2.05) is 0 Å². The summed E-state index contributed by atoms with van der Waals surface area (Å²) in [6, 6.07) is 1.35. The molecule has 0 aliphatic carbocycles. The Kier molecular flexibility index (Phi) is 4.22. The van der Waals surface area contributed by atoms with Crippen LogP contribution < -0.4 is 5.32 Å². The topological polar surface area (TPSA) is 69.6 Å². The van der Waals surface area contributed by atoms with Gasteiger partial charge >= 0.3 is 12.0 Å². The molecule has 1 aliphatic heterocycles. The number of hydrogen-bond donors (Lipinski definition) is 2. The van der Waals surface area contributed by atoms with Gasteiger partial charge in [0.2, 0.25) is 0 Å². The highest BCUT2D eigenvalue weighted by atomic mass is 79.9. The molecular weight excluding hydrogens is 338 g/mol. The zero-order valence-corrected chi connectivity index (χ0v) is 11.8. The van der Waals surface area contributed by atoms with Gasteiger partial charge in [-0.05, 0) is 18.6 Å². The van der Waals surface area contributed by atoms with Crippen LogP contribution in [0.4, 0.5) is 19.3 Å². The summed E-state index contributed by atoms with van der Waals surface area (Å²) in [7, 11) is 0. The predicted molar refractivity (Wildman–Crippen MR) is 70.4 cm³/mol. The first-order valence-electron chi connectivity index (χ1n) is 5.81. The molecule has 1 unspecified atom stereocenters. The number of aliphatic carboxylic acids is 1. The highest BCUT2D eigenvalue weighted by molar-refractivity contribution is 9.10. The highest BCUT2D eigenvalue weighted by Crippen LogP contribution is 2.25. The van der Waals surface area contributed by atoms with Gasteiger partial charge in [0.25, 0.3) is 0 Å². The van der Waals surface area contributed by atoms with E-state index in [0.29, 0.717) is 6.42 Å². The standard InChI is InChI=1S/C12H11BrF2N2O3/c13-7-3-8(14)10(9(15)4-7)16-12(20)17-2-1-6(5-17)11(18)19/h3-4,6H,1-2,5H2,(H,16,20)(H,18,19). The number of carbonyl (C=O) groups excluding carboxylic acids is 1. The first kappa shape index (κ1) is 14.7. The Labute approximate surface area is 121 Å². The number of nitrogens with one attached hydrogen (secondary N) is 1. The second-order valence-electron chi connectivity index (χ2n) is 4.44. The van der Waals surface area contributed by atoms with E-state index in [-0.39, 0.29) is 17.6 Å². The number of rotatable bonds is 2. The van der Waals surface area contributed by atoms with E-state index in [2.05, 4.69) is 21.2 Å². The predicted octanol–water partition coefficient (Wildman–Crippen LogP) is 2.67. The van der Waals surface area contributed by atoms with Gasteiger partial charge in [0.1, 0.15) is 5.69 Å². The van der Waals surface area contributed by atoms with Gasteiger partial charge in [-0.1, -0.05) is 15.9 Å². The summed E-state index contributed by atoms with van der Waals surface area (Å²) in [5.74, 6) is -3.43. The van der Waals surface area contributed by atoms with Gasteiger partial charge < -0.3 is 15.3 Å². The van der Waals surface area contributed by atoms with Crippen molar-refractivity contribution in [2.45, 2.75) is 6.42 Å². The molecule has 1 aromatic rings. The number of amides is 2. The van der Waals surface area contributed by atoms with Gasteiger partial charge in [0.15, 0.2) is 11.6 Å². The lowest BCUT2D eigenvalue weighted by Crippen LogP contribution is -2.34. The average Bonchev–Trinajstić information content (AvgIpc) is 2.83. The summed E-state index contributed by atoms with van der Waals surface area (Å²) in [6.07, 6.45) is 0.327. The lowest BCUT2D eigenvalue weighted by atomic mass is 10.1. The molecule has 108 valence electrons. The number of halogens is 3. The molecule has 20 heavy (non-hydrogen) atoms. The normalized spacial score (nSPS) is 18.1. The molecule has 2 N–H and O–H groups in total. The minimum absolute atomic E-state index is 0.0287. The third-order valence-corrected chi connectivity index (χ3v) is 3.52. The number of likely N-dealkylation sites (tertiary alicyclic amines) is 1. The summed E-state index contributed by atoms with van der Waals surface area (Å²) >= 11 is 2.94.